The molecule has 180 valence electrons. The molecule has 0 spiro atoms. The van der Waals surface area contributed by atoms with E-state index in [0.717, 1.165) is 0 Å². The molecule has 4 rings (SSSR count). The number of fused-ring (bicyclic) bond motifs is 1. The molecule has 2 aliphatic rings. The van der Waals surface area contributed by atoms with Gasteiger partial charge in [0.25, 0.3) is 5.91 Å². The molecule has 0 aliphatic carbocycles. The summed E-state index contributed by atoms with van der Waals surface area (Å²) >= 11 is 0. The largest absolute Gasteiger partial charge is 0.586 e. The average Bonchev–Trinajstić information content (AvgIpc) is 3.15. The Balaban J connectivity index is 1.31. The van der Waals surface area contributed by atoms with Crippen molar-refractivity contribution >= 4 is 17.9 Å². The summed E-state index contributed by atoms with van der Waals surface area (Å²) in [6, 6.07) is 5.73. The zero-order valence-electron chi connectivity index (χ0n) is 18.2. The van der Waals surface area contributed by atoms with E-state index in [-0.39, 0.29) is 41.6 Å². The van der Waals surface area contributed by atoms with Gasteiger partial charge in [0.05, 0.1) is 6.61 Å². The van der Waals surface area contributed by atoms with E-state index in [1.54, 1.807) is 16.7 Å². The Labute approximate surface area is 193 Å². The number of rotatable bonds is 6. The number of halogens is 2. The summed E-state index contributed by atoms with van der Waals surface area (Å²) < 4.78 is 40.4. The zero-order valence-corrected chi connectivity index (χ0v) is 18.2. The van der Waals surface area contributed by atoms with E-state index < -0.39 is 12.4 Å². The lowest BCUT2D eigenvalue weighted by Gasteiger charge is -2.33. The van der Waals surface area contributed by atoms with Gasteiger partial charge in [0, 0.05) is 44.5 Å². The van der Waals surface area contributed by atoms with E-state index in [1.165, 1.54) is 42.6 Å². The fraction of sp³-hybridized carbons (Fsp3) is 0.364. The van der Waals surface area contributed by atoms with E-state index in [1.807, 2.05) is 0 Å². The van der Waals surface area contributed by atoms with Crippen molar-refractivity contribution in [2.75, 3.05) is 32.8 Å². The van der Waals surface area contributed by atoms with E-state index >= 15 is 0 Å². The number of aliphatic hydroxyl groups excluding tert-OH is 1. The predicted octanol–water partition coefficient (Wildman–Crippen LogP) is 1.56. The average molecular weight is 476 g/mol. The molecule has 3 heterocycles. The number of carbonyl (C=O) groups excluding carboxylic acids is 2. The number of amides is 2. The molecule has 2 aliphatic heterocycles. The SMILES string of the molecule is CC(CO)Oc1ccnc(C(=O)N2CCN(C(=O)C=Cc3ccc4c(c3)OC(F)(F)O4)CC2)n1. The third-order valence-corrected chi connectivity index (χ3v) is 5.12. The first kappa shape index (κ1) is 23.4. The molecule has 34 heavy (non-hydrogen) atoms. The second-order valence-electron chi connectivity index (χ2n) is 7.65. The van der Waals surface area contributed by atoms with E-state index in [0.29, 0.717) is 31.7 Å². The maximum Gasteiger partial charge on any atom is 0.586 e. The number of aromatic nitrogens is 2. The molecule has 1 unspecified atom stereocenters. The van der Waals surface area contributed by atoms with Gasteiger partial charge in [-0.25, -0.2) is 4.98 Å². The van der Waals surface area contributed by atoms with Gasteiger partial charge in [-0.15, -0.1) is 8.78 Å². The van der Waals surface area contributed by atoms with Crippen molar-refractivity contribution in [3.8, 4) is 17.4 Å². The molecular formula is C22H22F2N4O6. The van der Waals surface area contributed by atoms with Gasteiger partial charge in [0.2, 0.25) is 17.6 Å². The van der Waals surface area contributed by atoms with Crippen LogP contribution < -0.4 is 14.2 Å². The van der Waals surface area contributed by atoms with Crippen LogP contribution in [0.5, 0.6) is 17.4 Å². The van der Waals surface area contributed by atoms with Crippen LogP contribution >= 0.6 is 0 Å². The van der Waals surface area contributed by atoms with Crippen molar-refractivity contribution in [1.82, 2.24) is 19.8 Å². The minimum absolute atomic E-state index is 0.0318. The number of carbonyl (C=O) groups is 2. The van der Waals surface area contributed by atoms with E-state index in [4.69, 9.17) is 9.84 Å². The Bertz CT molecular complexity index is 1100. The lowest BCUT2D eigenvalue weighted by Crippen LogP contribution is -2.50. The third-order valence-electron chi connectivity index (χ3n) is 5.12. The summed E-state index contributed by atoms with van der Waals surface area (Å²) in [5.41, 5.74) is 0.497. The molecule has 2 aromatic rings. The van der Waals surface area contributed by atoms with Crippen LogP contribution in [-0.4, -0.2) is 81.9 Å². The van der Waals surface area contributed by atoms with Gasteiger partial charge in [-0.1, -0.05) is 6.07 Å². The van der Waals surface area contributed by atoms with Crippen LogP contribution in [0.15, 0.2) is 36.5 Å². The highest BCUT2D eigenvalue weighted by Crippen LogP contribution is 2.41. The Kier molecular flexibility index (Phi) is 6.59. The van der Waals surface area contributed by atoms with Crippen molar-refractivity contribution in [1.29, 1.82) is 0 Å². The van der Waals surface area contributed by atoms with Crippen LogP contribution in [0.2, 0.25) is 0 Å². The normalized spacial score (nSPS) is 17.6. The smallest absolute Gasteiger partial charge is 0.472 e. The van der Waals surface area contributed by atoms with Crippen LogP contribution in [0, 0.1) is 0 Å². The first-order valence-electron chi connectivity index (χ1n) is 10.5. The Morgan fingerprint density at radius 3 is 2.62 bits per heavy atom. The lowest BCUT2D eigenvalue weighted by molar-refractivity contribution is -0.286. The quantitative estimate of drug-likeness (QED) is 0.625. The molecule has 10 nitrogen and oxygen atoms in total. The zero-order chi connectivity index (χ0) is 24.3. The second-order valence-corrected chi connectivity index (χ2v) is 7.65. The Morgan fingerprint density at radius 2 is 1.88 bits per heavy atom. The highest BCUT2D eigenvalue weighted by atomic mass is 19.3. The Hall–Kier alpha value is -3.80. The molecule has 0 radical (unpaired) electrons. The number of ether oxygens (including phenoxy) is 3. The van der Waals surface area contributed by atoms with E-state index in [2.05, 4.69) is 19.4 Å². The fourth-order valence-corrected chi connectivity index (χ4v) is 3.37. The number of aliphatic hydroxyl groups is 1. The molecule has 1 saturated heterocycles. The number of benzene rings is 1. The minimum atomic E-state index is -3.70. The first-order chi connectivity index (χ1) is 16.2. The molecule has 12 heteroatoms. The number of nitrogens with zero attached hydrogens (tertiary/aromatic N) is 4. The summed E-state index contributed by atoms with van der Waals surface area (Å²) in [7, 11) is 0. The van der Waals surface area contributed by atoms with E-state index in [9.17, 15) is 18.4 Å². The van der Waals surface area contributed by atoms with Crippen molar-refractivity contribution < 1.29 is 37.7 Å². The van der Waals surface area contributed by atoms with Crippen LogP contribution in [-0.2, 0) is 4.79 Å². The minimum Gasteiger partial charge on any atom is -0.472 e. The number of piperazine rings is 1. The summed E-state index contributed by atoms with van der Waals surface area (Å²) in [5, 5.41) is 9.09. The monoisotopic (exact) mass is 476 g/mol. The molecule has 1 aromatic heterocycles. The van der Waals surface area contributed by atoms with Gasteiger partial charge in [0.15, 0.2) is 11.5 Å². The molecule has 1 atom stereocenters. The van der Waals surface area contributed by atoms with Gasteiger partial charge in [0.1, 0.15) is 6.10 Å². The standard InChI is InChI=1S/C22H22F2N4O6/c1-14(13-29)32-18-6-7-25-20(26-18)21(31)28-10-8-27(9-11-28)19(30)5-3-15-2-4-16-17(12-15)34-22(23,24)33-16/h2-7,12,14,29H,8-11,13H2,1H3. The maximum absolute atomic E-state index is 13.1. The molecule has 1 N–H and O–H groups in total. The maximum atomic E-state index is 13.1. The lowest BCUT2D eigenvalue weighted by atomic mass is 10.2. The van der Waals surface area contributed by atoms with Crippen molar-refractivity contribution in [2.45, 2.75) is 19.3 Å². The molecular weight excluding hydrogens is 454 g/mol. The van der Waals surface area contributed by atoms with Gasteiger partial charge < -0.3 is 29.1 Å². The van der Waals surface area contributed by atoms with Crippen LogP contribution in [0.1, 0.15) is 23.1 Å². The summed E-state index contributed by atoms with van der Waals surface area (Å²) in [5.74, 6) is -0.684. The Morgan fingerprint density at radius 1 is 1.18 bits per heavy atom. The topological polar surface area (TPSA) is 114 Å². The van der Waals surface area contributed by atoms with Crippen molar-refractivity contribution in [3.05, 3.63) is 47.9 Å². The predicted molar refractivity (Wildman–Crippen MR) is 113 cm³/mol. The van der Waals surface area contributed by atoms with Gasteiger partial charge in [-0.2, -0.15) is 4.98 Å². The number of hydrogen-bond acceptors (Lipinski definition) is 8. The first-order valence-corrected chi connectivity index (χ1v) is 10.5. The summed E-state index contributed by atoms with van der Waals surface area (Å²) in [6.07, 6.45) is 0.0571. The number of alkyl halides is 2. The van der Waals surface area contributed by atoms with Crippen LogP contribution in [0.3, 0.4) is 0 Å². The molecule has 0 saturated carbocycles. The second kappa shape index (κ2) is 9.59. The van der Waals surface area contributed by atoms with Crippen LogP contribution in [0.4, 0.5) is 8.78 Å². The van der Waals surface area contributed by atoms with Crippen molar-refractivity contribution in [2.24, 2.45) is 0 Å². The molecule has 2 amide bonds. The highest BCUT2D eigenvalue weighted by molar-refractivity contribution is 5.93. The molecule has 1 fully saturated rings. The van der Waals surface area contributed by atoms with Gasteiger partial charge in [-0.05, 0) is 30.7 Å². The number of hydrogen-bond donors (Lipinski definition) is 1. The van der Waals surface area contributed by atoms with Crippen LogP contribution in [0.25, 0.3) is 6.08 Å². The summed E-state index contributed by atoms with van der Waals surface area (Å²) in [6.45, 7) is 2.67. The third kappa shape index (κ3) is 5.39. The van der Waals surface area contributed by atoms with Gasteiger partial charge >= 0.3 is 6.29 Å². The highest BCUT2D eigenvalue weighted by Gasteiger charge is 2.43. The fourth-order valence-electron chi connectivity index (χ4n) is 3.37. The molecule has 1 aromatic carbocycles. The summed E-state index contributed by atoms with van der Waals surface area (Å²) in [4.78, 5) is 36.5. The molecule has 0 bridgehead atoms. The van der Waals surface area contributed by atoms with Gasteiger partial charge in [-0.3, -0.25) is 9.59 Å². The van der Waals surface area contributed by atoms with Crippen molar-refractivity contribution in [3.63, 3.8) is 0 Å².